The van der Waals surface area contributed by atoms with Crippen LogP contribution in [-0.2, 0) is 6.42 Å². The predicted molar refractivity (Wildman–Crippen MR) is 91.0 cm³/mol. The molecule has 0 spiro atoms. The van der Waals surface area contributed by atoms with Gasteiger partial charge in [0.15, 0.2) is 11.5 Å². The van der Waals surface area contributed by atoms with Crippen molar-refractivity contribution in [3.05, 3.63) is 53.9 Å². The first-order valence-corrected chi connectivity index (χ1v) is 8.35. The van der Waals surface area contributed by atoms with Gasteiger partial charge in [-0.25, -0.2) is 4.39 Å². The van der Waals surface area contributed by atoms with Crippen LogP contribution in [0.5, 0.6) is 0 Å². The van der Waals surface area contributed by atoms with Crippen molar-refractivity contribution in [2.45, 2.75) is 38.3 Å². The van der Waals surface area contributed by atoms with Crippen LogP contribution < -0.4 is 5.73 Å². The fourth-order valence-corrected chi connectivity index (χ4v) is 2.45. The van der Waals surface area contributed by atoms with Gasteiger partial charge in [0.2, 0.25) is 11.8 Å². The molecule has 0 atom stereocenters. The first kappa shape index (κ1) is 17.8. The number of hydrogen-bond donors (Lipinski definition) is 1. The van der Waals surface area contributed by atoms with E-state index in [1.807, 2.05) is 37.3 Å². The molecule has 1 amide bonds. The number of aromatic nitrogens is 3. The Hall–Kier alpha value is -3.03. The summed E-state index contributed by atoms with van der Waals surface area (Å²) < 4.78 is 22.7. The molecule has 1 aromatic carbocycles. The summed E-state index contributed by atoms with van der Waals surface area (Å²) in [4.78, 5) is 10.7. The summed E-state index contributed by atoms with van der Waals surface area (Å²) in [7, 11) is 0. The number of alkyl halides is 1. The van der Waals surface area contributed by atoms with E-state index < -0.39 is 12.1 Å². The van der Waals surface area contributed by atoms with E-state index >= 15 is 0 Å². The molecule has 1 saturated carbocycles. The zero-order valence-electron chi connectivity index (χ0n) is 14.3. The molecule has 1 fully saturated rings. The summed E-state index contributed by atoms with van der Waals surface area (Å²) in [5.74, 6) is 1.39. The topological polar surface area (TPSA) is 108 Å². The Morgan fingerprint density at radius 3 is 2.54 bits per heavy atom. The summed E-state index contributed by atoms with van der Waals surface area (Å²) in [5, 5.41) is 11.2. The molecule has 0 bridgehead atoms. The van der Waals surface area contributed by atoms with Crippen molar-refractivity contribution in [1.29, 1.82) is 0 Å². The molecule has 2 N–H and O–H groups in total. The minimum atomic E-state index is -0.660. The van der Waals surface area contributed by atoms with Gasteiger partial charge in [0.25, 0.3) is 5.91 Å². The van der Waals surface area contributed by atoms with Crippen LogP contribution in [0.25, 0.3) is 11.3 Å². The maximum absolute atomic E-state index is 12.5. The lowest BCUT2D eigenvalue weighted by atomic mass is 9.83. The van der Waals surface area contributed by atoms with E-state index in [0.29, 0.717) is 30.4 Å². The first-order valence-electron chi connectivity index (χ1n) is 8.35. The summed E-state index contributed by atoms with van der Waals surface area (Å²) in [6.07, 6.45) is 1.18. The monoisotopic (exact) mass is 358 g/mol. The van der Waals surface area contributed by atoms with E-state index in [9.17, 15) is 9.18 Å². The van der Waals surface area contributed by atoms with E-state index in [-0.39, 0.29) is 11.6 Å². The Labute approximate surface area is 149 Å². The highest BCUT2D eigenvalue weighted by Crippen LogP contribution is 2.37. The minimum absolute atomic E-state index is 0.142. The van der Waals surface area contributed by atoms with Crippen LogP contribution in [0.2, 0.25) is 0 Å². The highest BCUT2D eigenvalue weighted by Gasteiger charge is 2.34. The molecule has 0 unspecified atom stereocenters. The van der Waals surface area contributed by atoms with Gasteiger partial charge in [-0.1, -0.05) is 42.4 Å². The Kier molecular flexibility index (Phi) is 5.40. The van der Waals surface area contributed by atoms with E-state index in [1.54, 1.807) is 0 Å². The molecule has 8 heteroatoms. The average Bonchev–Trinajstić information content (AvgIpc) is 3.30. The molecule has 7 nitrogen and oxygen atoms in total. The van der Waals surface area contributed by atoms with Gasteiger partial charge in [0.1, 0.15) is 6.17 Å². The standard InChI is InChI=1S/C10H8N2O2.C8H11FN2O/c11-10(13)8-6-9(14-12-8)7-4-2-1-3-5-7;1-2-7-10-11-8(12-7)5-3-6(9)4-5/h1-6H,(H2,11,13);5-6H,2-4H2,1H3. The molecule has 0 radical (unpaired) electrons. The maximum atomic E-state index is 12.5. The minimum Gasteiger partial charge on any atom is -0.425 e. The van der Waals surface area contributed by atoms with Gasteiger partial charge in [-0.15, -0.1) is 10.2 Å². The highest BCUT2D eigenvalue weighted by atomic mass is 19.1. The Morgan fingerprint density at radius 1 is 1.27 bits per heavy atom. The number of benzene rings is 1. The lowest BCUT2D eigenvalue weighted by Crippen LogP contribution is -2.22. The summed E-state index contributed by atoms with van der Waals surface area (Å²) in [6.45, 7) is 1.95. The van der Waals surface area contributed by atoms with Crippen LogP contribution in [0.4, 0.5) is 4.39 Å². The fourth-order valence-electron chi connectivity index (χ4n) is 2.45. The molecule has 136 valence electrons. The second kappa shape index (κ2) is 7.90. The molecule has 0 aliphatic heterocycles. The molecule has 4 rings (SSSR count). The number of aryl methyl sites for hydroxylation is 1. The van der Waals surface area contributed by atoms with E-state index in [2.05, 4.69) is 15.4 Å². The lowest BCUT2D eigenvalue weighted by Gasteiger charge is -2.25. The fraction of sp³-hybridized carbons (Fsp3) is 0.333. The van der Waals surface area contributed by atoms with Crippen LogP contribution in [0.3, 0.4) is 0 Å². The van der Waals surface area contributed by atoms with Gasteiger partial charge in [0, 0.05) is 24.0 Å². The van der Waals surface area contributed by atoms with Gasteiger partial charge in [-0.05, 0) is 12.8 Å². The highest BCUT2D eigenvalue weighted by molar-refractivity contribution is 5.91. The number of primary amides is 1. The Balaban J connectivity index is 0.000000152. The average molecular weight is 358 g/mol. The largest absolute Gasteiger partial charge is 0.425 e. The molecule has 3 aromatic rings. The smallest absolute Gasteiger partial charge is 0.270 e. The van der Waals surface area contributed by atoms with Crippen molar-refractivity contribution in [2.24, 2.45) is 5.73 Å². The first-order chi connectivity index (χ1) is 12.6. The molecule has 1 aliphatic carbocycles. The summed E-state index contributed by atoms with van der Waals surface area (Å²) in [6, 6.07) is 10.9. The number of carbonyl (C=O) groups is 1. The van der Waals surface area contributed by atoms with Crippen LogP contribution in [-0.4, -0.2) is 27.4 Å². The van der Waals surface area contributed by atoms with Crippen LogP contribution in [0.15, 0.2) is 45.3 Å². The normalized spacial score (nSPS) is 18.5. The SMILES string of the molecule is CCc1nnc(C2CC(F)C2)o1.NC(=O)c1cc(-c2ccccc2)on1. The van der Waals surface area contributed by atoms with Gasteiger partial charge in [0.05, 0.1) is 0 Å². The number of nitrogens with two attached hydrogens (primary N) is 1. The zero-order chi connectivity index (χ0) is 18.5. The second-order valence-corrected chi connectivity index (χ2v) is 5.96. The molecule has 1 aliphatic rings. The van der Waals surface area contributed by atoms with E-state index in [1.165, 1.54) is 6.07 Å². The number of rotatable bonds is 4. The predicted octanol–water partition coefficient (Wildman–Crippen LogP) is 3.29. The zero-order valence-corrected chi connectivity index (χ0v) is 14.3. The van der Waals surface area contributed by atoms with Crippen molar-refractivity contribution in [1.82, 2.24) is 15.4 Å². The Morgan fingerprint density at radius 2 is 2.00 bits per heavy atom. The summed E-state index contributed by atoms with van der Waals surface area (Å²) in [5.41, 5.74) is 6.05. The van der Waals surface area contributed by atoms with Crippen molar-refractivity contribution < 1.29 is 18.1 Å². The maximum Gasteiger partial charge on any atom is 0.270 e. The van der Waals surface area contributed by atoms with Crippen LogP contribution in [0, 0.1) is 0 Å². The van der Waals surface area contributed by atoms with Crippen molar-refractivity contribution in [2.75, 3.05) is 0 Å². The van der Waals surface area contributed by atoms with Gasteiger partial charge in [-0.3, -0.25) is 4.79 Å². The second-order valence-electron chi connectivity index (χ2n) is 5.96. The molecule has 26 heavy (non-hydrogen) atoms. The van der Waals surface area contributed by atoms with Gasteiger partial charge < -0.3 is 14.7 Å². The molecule has 2 heterocycles. The van der Waals surface area contributed by atoms with Gasteiger partial charge in [-0.2, -0.15) is 0 Å². The molecule has 2 aromatic heterocycles. The van der Waals surface area contributed by atoms with Crippen molar-refractivity contribution >= 4 is 5.91 Å². The molecular formula is C18H19FN4O3. The number of nitrogens with zero attached hydrogens (tertiary/aromatic N) is 3. The Bertz CT molecular complexity index is 856. The third kappa shape index (κ3) is 4.14. The number of amides is 1. The van der Waals surface area contributed by atoms with Gasteiger partial charge >= 0.3 is 0 Å². The molecule has 0 saturated heterocycles. The molecular weight excluding hydrogens is 339 g/mol. The van der Waals surface area contributed by atoms with Crippen molar-refractivity contribution in [3.8, 4) is 11.3 Å². The third-order valence-electron chi connectivity index (χ3n) is 4.04. The number of halogens is 1. The lowest BCUT2D eigenvalue weighted by molar-refractivity contribution is 0.0991. The van der Waals surface area contributed by atoms with E-state index in [0.717, 1.165) is 12.0 Å². The quantitative estimate of drug-likeness (QED) is 0.767. The number of carbonyl (C=O) groups excluding carboxylic acids is 1. The van der Waals surface area contributed by atoms with Crippen LogP contribution >= 0.6 is 0 Å². The van der Waals surface area contributed by atoms with E-state index in [4.69, 9.17) is 14.7 Å². The van der Waals surface area contributed by atoms with Crippen LogP contribution in [0.1, 0.15) is 48.0 Å². The number of hydrogen-bond acceptors (Lipinski definition) is 6. The third-order valence-corrected chi connectivity index (χ3v) is 4.04. The summed E-state index contributed by atoms with van der Waals surface area (Å²) >= 11 is 0. The van der Waals surface area contributed by atoms with Crippen molar-refractivity contribution in [3.63, 3.8) is 0 Å².